The molecule has 2 rings (SSSR count). The molecule has 2 heterocycles. The third kappa shape index (κ3) is 3.27. The van der Waals surface area contributed by atoms with Gasteiger partial charge in [0.1, 0.15) is 0 Å². The molecule has 0 radical (unpaired) electrons. The molecule has 2 N–H and O–H groups in total. The Balaban J connectivity index is 1.80. The molecular formula is C11H14N6O. The number of amides is 1. The second kappa shape index (κ2) is 5.76. The minimum Gasteiger partial charge on any atom is -0.350 e. The van der Waals surface area contributed by atoms with Gasteiger partial charge in [0, 0.05) is 37.7 Å². The van der Waals surface area contributed by atoms with E-state index in [1.54, 1.807) is 42.8 Å². The van der Waals surface area contributed by atoms with Gasteiger partial charge in [0.05, 0.1) is 12.7 Å². The molecule has 0 aliphatic heterocycles. The van der Waals surface area contributed by atoms with Gasteiger partial charge in [-0.25, -0.2) is 9.97 Å². The fourth-order valence-electron chi connectivity index (χ4n) is 1.41. The van der Waals surface area contributed by atoms with E-state index in [0.717, 1.165) is 5.56 Å². The number of nitrogens with one attached hydrogen (secondary N) is 2. The van der Waals surface area contributed by atoms with Gasteiger partial charge in [-0.3, -0.25) is 9.89 Å². The van der Waals surface area contributed by atoms with Crippen molar-refractivity contribution in [2.75, 3.05) is 18.5 Å². The molecule has 0 aliphatic carbocycles. The highest BCUT2D eigenvalue weighted by Gasteiger charge is 2.08. The maximum atomic E-state index is 11.7. The Hall–Kier alpha value is -2.44. The molecule has 0 unspecified atom stereocenters. The highest BCUT2D eigenvalue weighted by Crippen LogP contribution is 2.00. The summed E-state index contributed by atoms with van der Waals surface area (Å²) in [6.45, 7) is 0.667. The summed E-state index contributed by atoms with van der Waals surface area (Å²) < 4.78 is 0. The van der Waals surface area contributed by atoms with E-state index in [4.69, 9.17) is 0 Å². The van der Waals surface area contributed by atoms with Crippen molar-refractivity contribution in [1.82, 2.24) is 25.5 Å². The van der Waals surface area contributed by atoms with Crippen molar-refractivity contribution in [2.45, 2.75) is 6.54 Å². The Labute approximate surface area is 104 Å². The summed E-state index contributed by atoms with van der Waals surface area (Å²) in [5, 5.41) is 9.28. The van der Waals surface area contributed by atoms with E-state index in [0.29, 0.717) is 12.5 Å². The van der Waals surface area contributed by atoms with Crippen LogP contribution in [0.25, 0.3) is 0 Å². The van der Waals surface area contributed by atoms with Crippen LogP contribution in [0.15, 0.2) is 30.9 Å². The smallest absolute Gasteiger partial charge is 0.239 e. The first-order valence-electron chi connectivity index (χ1n) is 5.48. The summed E-state index contributed by atoms with van der Waals surface area (Å²) in [6, 6.07) is 1.73. The molecule has 2 aromatic rings. The van der Waals surface area contributed by atoms with Gasteiger partial charge in [-0.15, -0.1) is 0 Å². The minimum absolute atomic E-state index is 0.0915. The highest BCUT2D eigenvalue weighted by molar-refractivity contribution is 5.80. The van der Waals surface area contributed by atoms with E-state index in [-0.39, 0.29) is 12.5 Å². The quantitative estimate of drug-likeness (QED) is 0.772. The zero-order chi connectivity index (χ0) is 12.8. The first kappa shape index (κ1) is 12.0. The van der Waals surface area contributed by atoms with Crippen LogP contribution in [0.4, 0.5) is 5.95 Å². The lowest BCUT2D eigenvalue weighted by Crippen LogP contribution is -2.35. The normalized spacial score (nSPS) is 10.1. The second-order valence-corrected chi connectivity index (χ2v) is 3.79. The number of rotatable bonds is 5. The molecule has 0 bridgehead atoms. The van der Waals surface area contributed by atoms with Crippen LogP contribution >= 0.6 is 0 Å². The third-order valence-electron chi connectivity index (χ3n) is 2.32. The van der Waals surface area contributed by atoms with Gasteiger partial charge in [0.2, 0.25) is 11.9 Å². The molecule has 94 valence electrons. The Bertz CT molecular complexity index is 483. The predicted molar refractivity (Wildman–Crippen MR) is 65.7 cm³/mol. The number of H-pyrrole nitrogens is 1. The zero-order valence-corrected chi connectivity index (χ0v) is 10.00. The molecule has 0 aromatic carbocycles. The zero-order valence-electron chi connectivity index (χ0n) is 10.00. The van der Waals surface area contributed by atoms with E-state index < -0.39 is 0 Å². The van der Waals surface area contributed by atoms with Gasteiger partial charge in [0.25, 0.3) is 0 Å². The standard InChI is InChI=1S/C11H14N6O/c1-17(11-12-3-2-4-13-11)8-10(18)14-5-9-6-15-16-7-9/h2-4,6-7H,5,8H2,1H3,(H,14,18)(H,15,16). The second-order valence-electron chi connectivity index (χ2n) is 3.79. The number of anilines is 1. The number of hydrogen-bond acceptors (Lipinski definition) is 5. The van der Waals surface area contributed by atoms with Crippen molar-refractivity contribution in [1.29, 1.82) is 0 Å². The summed E-state index contributed by atoms with van der Waals surface area (Å²) in [5.74, 6) is 0.433. The number of carbonyl (C=O) groups excluding carboxylic acids is 1. The number of nitrogens with zero attached hydrogens (tertiary/aromatic N) is 4. The van der Waals surface area contributed by atoms with Crippen LogP contribution in [-0.2, 0) is 11.3 Å². The molecule has 0 atom stereocenters. The average molecular weight is 246 g/mol. The Morgan fingerprint density at radius 1 is 1.44 bits per heavy atom. The van der Waals surface area contributed by atoms with Crippen LogP contribution in [0.5, 0.6) is 0 Å². The molecular weight excluding hydrogens is 232 g/mol. The molecule has 0 saturated heterocycles. The first-order chi connectivity index (χ1) is 8.75. The van der Waals surface area contributed by atoms with Crippen LogP contribution in [0.3, 0.4) is 0 Å². The Kier molecular flexibility index (Phi) is 3.85. The van der Waals surface area contributed by atoms with Gasteiger partial charge in [-0.05, 0) is 6.07 Å². The van der Waals surface area contributed by atoms with Gasteiger partial charge < -0.3 is 10.2 Å². The fourth-order valence-corrected chi connectivity index (χ4v) is 1.41. The minimum atomic E-state index is -0.0915. The van der Waals surface area contributed by atoms with Gasteiger partial charge in [0.15, 0.2) is 0 Å². The SMILES string of the molecule is CN(CC(=O)NCc1cn[nH]c1)c1ncccn1. The molecule has 1 amide bonds. The predicted octanol–water partition coefficient (Wildman–Crippen LogP) is -0.0477. The van der Waals surface area contributed by atoms with Crippen molar-refractivity contribution in [3.05, 3.63) is 36.4 Å². The van der Waals surface area contributed by atoms with Crippen molar-refractivity contribution in [3.63, 3.8) is 0 Å². The molecule has 7 heteroatoms. The molecule has 2 aromatic heterocycles. The summed E-state index contributed by atoms with van der Waals surface area (Å²) >= 11 is 0. The van der Waals surface area contributed by atoms with Crippen LogP contribution in [0.2, 0.25) is 0 Å². The molecule has 18 heavy (non-hydrogen) atoms. The van der Waals surface area contributed by atoms with Crippen molar-refractivity contribution < 1.29 is 4.79 Å². The maximum Gasteiger partial charge on any atom is 0.239 e. The van der Waals surface area contributed by atoms with Crippen molar-refractivity contribution in [2.24, 2.45) is 0 Å². The lowest BCUT2D eigenvalue weighted by atomic mass is 10.3. The summed E-state index contributed by atoms with van der Waals surface area (Å²) in [6.07, 6.45) is 6.69. The first-order valence-corrected chi connectivity index (χ1v) is 5.48. The highest BCUT2D eigenvalue weighted by atomic mass is 16.2. The molecule has 0 spiro atoms. The van der Waals surface area contributed by atoms with Gasteiger partial charge in [-0.2, -0.15) is 5.10 Å². The largest absolute Gasteiger partial charge is 0.350 e. The van der Waals surface area contributed by atoms with Crippen LogP contribution in [0, 0.1) is 0 Å². The molecule has 0 fully saturated rings. The van der Waals surface area contributed by atoms with Gasteiger partial charge >= 0.3 is 0 Å². The average Bonchev–Trinajstić information content (AvgIpc) is 2.90. The van der Waals surface area contributed by atoms with E-state index in [9.17, 15) is 4.79 Å². The van der Waals surface area contributed by atoms with Crippen LogP contribution in [0.1, 0.15) is 5.56 Å². The van der Waals surface area contributed by atoms with Crippen molar-refractivity contribution in [3.8, 4) is 0 Å². The summed E-state index contributed by atoms with van der Waals surface area (Å²) in [4.78, 5) is 21.5. The molecule has 7 nitrogen and oxygen atoms in total. The molecule has 0 aliphatic rings. The van der Waals surface area contributed by atoms with E-state index >= 15 is 0 Å². The van der Waals surface area contributed by atoms with Crippen LogP contribution < -0.4 is 10.2 Å². The van der Waals surface area contributed by atoms with Crippen LogP contribution in [-0.4, -0.2) is 39.7 Å². The van der Waals surface area contributed by atoms with E-state index in [1.807, 2.05) is 0 Å². The lowest BCUT2D eigenvalue weighted by Gasteiger charge is -2.15. The Morgan fingerprint density at radius 2 is 2.22 bits per heavy atom. The summed E-state index contributed by atoms with van der Waals surface area (Å²) in [5.41, 5.74) is 0.932. The number of aromatic nitrogens is 4. The fraction of sp³-hybridized carbons (Fsp3) is 0.273. The van der Waals surface area contributed by atoms with Crippen molar-refractivity contribution >= 4 is 11.9 Å². The summed E-state index contributed by atoms with van der Waals surface area (Å²) in [7, 11) is 1.77. The Morgan fingerprint density at radius 3 is 2.89 bits per heavy atom. The van der Waals surface area contributed by atoms with Gasteiger partial charge in [-0.1, -0.05) is 0 Å². The molecule has 0 saturated carbocycles. The number of hydrogen-bond donors (Lipinski definition) is 2. The number of aromatic amines is 1. The number of likely N-dealkylation sites (N-methyl/N-ethyl adjacent to an activating group) is 1. The topological polar surface area (TPSA) is 86.8 Å². The number of carbonyl (C=O) groups is 1. The van der Waals surface area contributed by atoms with E-state index in [2.05, 4.69) is 25.5 Å². The third-order valence-corrected chi connectivity index (χ3v) is 2.32. The lowest BCUT2D eigenvalue weighted by molar-refractivity contribution is -0.119. The monoisotopic (exact) mass is 246 g/mol. The van der Waals surface area contributed by atoms with E-state index in [1.165, 1.54) is 0 Å². The maximum absolute atomic E-state index is 11.7.